The van der Waals surface area contributed by atoms with Gasteiger partial charge in [0.1, 0.15) is 11.6 Å². The minimum absolute atomic E-state index is 0.0424. The maximum absolute atomic E-state index is 13.5. The van der Waals surface area contributed by atoms with E-state index in [0.717, 1.165) is 0 Å². The quantitative estimate of drug-likeness (QED) is 0.583. The molecule has 6 atom stereocenters. The van der Waals surface area contributed by atoms with Gasteiger partial charge in [-0.05, 0) is 32.6 Å². The molecule has 0 aromatic rings. The summed E-state index contributed by atoms with van der Waals surface area (Å²) in [5.74, 6) is -2.09. The summed E-state index contributed by atoms with van der Waals surface area (Å²) in [5.41, 5.74) is -1.000. The third-order valence-corrected chi connectivity index (χ3v) is 6.28. The number of hydrogen-bond donors (Lipinski definition) is 3. The van der Waals surface area contributed by atoms with Crippen molar-refractivity contribution in [3.05, 3.63) is 0 Å². The molecule has 8 heteroatoms. The number of fused-ring (bicyclic) bond motifs is 1. The van der Waals surface area contributed by atoms with Crippen LogP contribution in [0.2, 0.25) is 0 Å². The molecule has 3 rings (SSSR count). The van der Waals surface area contributed by atoms with Gasteiger partial charge in [0.25, 0.3) is 0 Å². The van der Waals surface area contributed by atoms with E-state index in [4.69, 9.17) is 4.74 Å². The van der Waals surface area contributed by atoms with Crippen LogP contribution in [-0.4, -0.2) is 71.2 Å². The topological polar surface area (TPSA) is 108 Å². The number of carbonyl (C=O) groups is 3. The molecule has 0 aliphatic carbocycles. The zero-order chi connectivity index (χ0) is 20.1. The van der Waals surface area contributed by atoms with Crippen molar-refractivity contribution in [2.24, 2.45) is 17.8 Å². The van der Waals surface area contributed by atoms with E-state index in [2.05, 4.69) is 10.6 Å². The van der Waals surface area contributed by atoms with Crippen molar-refractivity contribution in [2.45, 2.75) is 70.4 Å². The van der Waals surface area contributed by atoms with Crippen molar-refractivity contribution in [1.82, 2.24) is 15.5 Å². The molecular formula is C19H31N3O5. The third kappa shape index (κ3) is 2.84. The molecule has 1 spiro atoms. The van der Waals surface area contributed by atoms with Crippen LogP contribution in [0.3, 0.4) is 0 Å². The van der Waals surface area contributed by atoms with Gasteiger partial charge in [-0.1, -0.05) is 13.8 Å². The average Bonchev–Trinajstić information content (AvgIpc) is 3.22. The molecule has 3 saturated heterocycles. The number of carbonyl (C=O) groups excluding carboxylic acids is 3. The summed E-state index contributed by atoms with van der Waals surface area (Å²) < 4.78 is 6.24. The number of hydrogen-bond acceptors (Lipinski definition) is 5. The molecule has 2 unspecified atom stereocenters. The molecule has 152 valence electrons. The highest BCUT2D eigenvalue weighted by atomic mass is 16.5. The lowest BCUT2D eigenvalue weighted by Crippen LogP contribution is -2.59. The predicted molar refractivity (Wildman–Crippen MR) is 97.5 cm³/mol. The van der Waals surface area contributed by atoms with Gasteiger partial charge in [-0.15, -0.1) is 0 Å². The molecular weight excluding hydrogens is 350 g/mol. The molecule has 3 heterocycles. The van der Waals surface area contributed by atoms with Gasteiger partial charge in [-0.3, -0.25) is 14.4 Å². The Morgan fingerprint density at radius 1 is 1.30 bits per heavy atom. The van der Waals surface area contributed by atoms with Crippen LogP contribution < -0.4 is 10.6 Å². The first-order chi connectivity index (χ1) is 12.7. The Hall–Kier alpha value is -1.67. The van der Waals surface area contributed by atoms with Gasteiger partial charge in [-0.25, -0.2) is 0 Å². The average molecular weight is 381 g/mol. The number of nitrogens with zero attached hydrogens (tertiary/aromatic N) is 1. The normalized spacial score (nSPS) is 35.7. The number of ether oxygens (including phenoxy) is 1. The monoisotopic (exact) mass is 381 g/mol. The van der Waals surface area contributed by atoms with Crippen LogP contribution in [0.25, 0.3) is 0 Å². The molecule has 0 radical (unpaired) electrons. The highest BCUT2D eigenvalue weighted by Crippen LogP contribution is 2.58. The molecule has 3 N–H and O–H groups in total. The SMILES string of the molecule is CNC(=O)[C@@H]1[C@H]2C(=O)N([C@@H](CO)C(C)C)C(C(=O)NC(C)C)C23CC[C@H]1O3. The van der Waals surface area contributed by atoms with Crippen LogP contribution in [0.5, 0.6) is 0 Å². The van der Waals surface area contributed by atoms with Crippen LogP contribution in [-0.2, 0) is 19.1 Å². The molecule has 3 amide bonds. The fourth-order valence-electron chi connectivity index (χ4n) is 5.20. The Morgan fingerprint density at radius 2 is 1.96 bits per heavy atom. The van der Waals surface area contributed by atoms with E-state index in [-0.39, 0.29) is 42.4 Å². The second kappa shape index (κ2) is 7.05. The van der Waals surface area contributed by atoms with Crippen LogP contribution in [0.15, 0.2) is 0 Å². The lowest BCUT2D eigenvalue weighted by molar-refractivity contribution is -0.147. The first kappa shape index (κ1) is 20.1. The molecule has 0 aromatic carbocycles. The summed E-state index contributed by atoms with van der Waals surface area (Å²) in [6.07, 6.45) is 0.860. The maximum Gasteiger partial charge on any atom is 0.246 e. The Balaban J connectivity index is 2.08. The number of aliphatic hydroxyl groups is 1. The minimum atomic E-state index is -1.000. The Kier molecular flexibility index (Phi) is 5.24. The molecule has 0 saturated carbocycles. The molecule has 8 nitrogen and oxygen atoms in total. The second-order valence-corrected chi connectivity index (χ2v) is 8.57. The fraction of sp³-hybridized carbons (Fsp3) is 0.842. The summed E-state index contributed by atoms with van der Waals surface area (Å²) in [6, 6.07) is -1.44. The molecule has 2 bridgehead atoms. The largest absolute Gasteiger partial charge is 0.394 e. The zero-order valence-corrected chi connectivity index (χ0v) is 16.7. The van der Waals surface area contributed by atoms with Crippen LogP contribution >= 0.6 is 0 Å². The molecule has 3 fully saturated rings. The highest BCUT2D eigenvalue weighted by molar-refractivity contribution is 5.99. The van der Waals surface area contributed by atoms with Crippen molar-refractivity contribution in [3.8, 4) is 0 Å². The van der Waals surface area contributed by atoms with E-state index in [1.807, 2.05) is 27.7 Å². The zero-order valence-electron chi connectivity index (χ0n) is 16.7. The summed E-state index contributed by atoms with van der Waals surface area (Å²) in [4.78, 5) is 40.7. The first-order valence-electron chi connectivity index (χ1n) is 9.82. The number of likely N-dealkylation sites (tertiary alicyclic amines) is 1. The van der Waals surface area contributed by atoms with Crippen molar-refractivity contribution in [3.63, 3.8) is 0 Å². The van der Waals surface area contributed by atoms with Crippen LogP contribution in [0.1, 0.15) is 40.5 Å². The van der Waals surface area contributed by atoms with E-state index >= 15 is 0 Å². The van der Waals surface area contributed by atoms with E-state index in [1.165, 1.54) is 4.90 Å². The van der Waals surface area contributed by atoms with Gasteiger partial charge >= 0.3 is 0 Å². The van der Waals surface area contributed by atoms with Crippen molar-refractivity contribution >= 4 is 17.7 Å². The second-order valence-electron chi connectivity index (χ2n) is 8.57. The highest BCUT2D eigenvalue weighted by Gasteiger charge is 2.75. The van der Waals surface area contributed by atoms with Crippen LogP contribution in [0.4, 0.5) is 0 Å². The van der Waals surface area contributed by atoms with E-state index in [0.29, 0.717) is 12.8 Å². The van der Waals surface area contributed by atoms with Crippen LogP contribution in [0, 0.1) is 17.8 Å². The van der Waals surface area contributed by atoms with Crippen molar-refractivity contribution in [1.29, 1.82) is 0 Å². The molecule has 0 aromatic heterocycles. The summed E-state index contributed by atoms with van der Waals surface area (Å²) >= 11 is 0. The van der Waals surface area contributed by atoms with Gasteiger partial charge < -0.3 is 25.4 Å². The van der Waals surface area contributed by atoms with Crippen molar-refractivity contribution in [2.75, 3.05) is 13.7 Å². The lowest BCUT2D eigenvalue weighted by atomic mass is 9.70. The Labute approximate surface area is 160 Å². The van der Waals surface area contributed by atoms with Crippen molar-refractivity contribution < 1.29 is 24.2 Å². The van der Waals surface area contributed by atoms with E-state index < -0.39 is 29.5 Å². The number of nitrogens with one attached hydrogen (secondary N) is 2. The minimum Gasteiger partial charge on any atom is -0.394 e. The van der Waals surface area contributed by atoms with E-state index in [9.17, 15) is 19.5 Å². The lowest BCUT2D eigenvalue weighted by Gasteiger charge is -2.38. The summed E-state index contributed by atoms with van der Waals surface area (Å²) in [7, 11) is 1.55. The summed E-state index contributed by atoms with van der Waals surface area (Å²) in [5, 5.41) is 15.5. The maximum atomic E-state index is 13.5. The van der Waals surface area contributed by atoms with Gasteiger partial charge in [0.2, 0.25) is 17.7 Å². The van der Waals surface area contributed by atoms with Gasteiger partial charge in [0, 0.05) is 13.1 Å². The fourth-order valence-corrected chi connectivity index (χ4v) is 5.20. The Morgan fingerprint density at radius 3 is 2.48 bits per heavy atom. The van der Waals surface area contributed by atoms with E-state index in [1.54, 1.807) is 7.05 Å². The smallest absolute Gasteiger partial charge is 0.246 e. The standard InChI is InChI=1S/C19H31N3O5/c1-9(2)11(8-23)22-15(17(25)21-10(3)4)19-7-6-12(27-19)13(16(24)20-5)14(19)18(22)26/h9-15,23H,6-8H2,1-5H3,(H,20,24)(H,21,25)/t11-,12+,13-,14-,15?,19?/m0/s1. The molecule has 27 heavy (non-hydrogen) atoms. The molecule has 3 aliphatic heterocycles. The number of rotatable bonds is 6. The Bertz CT molecular complexity index is 637. The number of amides is 3. The molecule has 3 aliphatic rings. The van der Waals surface area contributed by atoms with Gasteiger partial charge in [0.05, 0.1) is 30.6 Å². The van der Waals surface area contributed by atoms with Gasteiger partial charge in [0.15, 0.2) is 0 Å². The third-order valence-electron chi connectivity index (χ3n) is 6.28. The first-order valence-corrected chi connectivity index (χ1v) is 9.82. The summed E-state index contributed by atoms with van der Waals surface area (Å²) in [6.45, 7) is 7.30. The number of aliphatic hydroxyl groups excluding tert-OH is 1. The predicted octanol–water partition coefficient (Wildman–Crippen LogP) is -0.351. The van der Waals surface area contributed by atoms with Gasteiger partial charge in [-0.2, -0.15) is 0 Å².